The molecular weight excluding hydrogens is 424 g/mol. The van der Waals surface area contributed by atoms with E-state index in [1.165, 1.54) is 24.0 Å². The Morgan fingerprint density at radius 1 is 0.818 bits per heavy atom. The molecule has 3 nitrogen and oxygen atoms in total. The highest BCUT2D eigenvalue weighted by Gasteiger charge is 2.40. The van der Waals surface area contributed by atoms with E-state index in [1.807, 2.05) is 18.2 Å². The molecule has 0 spiro atoms. The van der Waals surface area contributed by atoms with Crippen molar-refractivity contribution in [3.63, 3.8) is 0 Å². The van der Waals surface area contributed by atoms with Crippen molar-refractivity contribution in [1.29, 1.82) is 0 Å². The number of aliphatic hydroxyl groups excluding tert-OH is 2. The van der Waals surface area contributed by atoms with E-state index in [2.05, 4.69) is 70.3 Å². The van der Waals surface area contributed by atoms with Crippen molar-refractivity contribution in [3.8, 4) is 0 Å². The molecule has 0 saturated heterocycles. The van der Waals surface area contributed by atoms with Crippen molar-refractivity contribution in [2.24, 2.45) is 0 Å². The molecule has 2 N–H and O–H groups in total. The molecule has 4 heteroatoms. The topological polar surface area (TPSA) is 49.7 Å². The van der Waals surface area contributed by atoms with Crippen molar-refractivity contribution in [3.05, 3.63) is 71.3 Å². The minimum Gasteiger partial charge on any atom is -0.416 e. The smallest absolute Gasteiger partial charge is 0.192 e. The van der Waals surface area contributed by atoms with Gasteiger partial charge in [0.05, 0.1) is 6.61 Å². The molecule has 1 atom stereocenters. The molecule has 0 saturated carbocycles. The zero-order valence-electron chi connectivity index (χ0n) is 21.6. The lowest BCUT2D eigenvalue weighted by molar-refractivity contribution is 0.142. The summed E-state index contributed by atoms with van der Waals surface area (Å²) in [6.07, 6.45) is 6.78. The van der Waals surface area contributed by atoms with Crippen molar-refractivity contribution >= 4 is 8.32 Å². The lowest BCUT2D eigenvalue weighted by atomic mass is 9.74. The summed E-state index contributed by atoms with van der Waals surface area (Å²) in [7, 11) is -1.73. The number of rotatable bonds is 15. The third-order valence-corrected chi connectivity index (χ3v) is 12.2. The minimum atomic E-state index is -1.73. The Hall–Kier alpha value is -1.46. The van der Waals surface area contributed by atoms with Gasteiger partial charge >= 0.3 is 0 Å². The average Bonchev–Trinajstić information content (AvgIpc) is 2.80. The third kappa shape index (κ3) is 7.78. The van der Waals surface area contributed by atoms with Crippen molar-refractivity contribution in [2.45, 2.75) is 89.3 Å². The average molecular weight is 471 g/mol. The predicted molar refractivity (Wildman–Crippen MR) is 142 cm³/mol. The molecule has 0 fully saturated rings. The number of hydrogen-bond acceptors (Lipinski definition) is 3. The zero-order chi connectivity index (χ0) is 24.4. The quantitative estimate of drug-likeness (QED) is 0.286. The van der Waals surface area contributed by atoms with Crippen LogP contribution in [-0.4, -0.2) is 38.4 Å². The van der Waals surface area contributed by atoms with Gasteiger partial charge < -0.3 is 14.6 Å². The summed E-state index contributed by atoms with van der Waals surface area (Å²) in [4.78, 5) is 0. The van der Waals surface area contributed by atoms with Gasteiger partial charge in [-0.25, -0.2) is 0 Å². The van der Waals surface area contributed by atoms with Gasteiger partial charge in [0.2, 0.25) is 0 Å². The minimum absolute atomic E-state index is 0.0607. The summed E-state index contributed by atoms with van der Waals surface area (Å²) in [6, 6.07) is 19.1. The molecular formula is C29H46O3Si. The lowest BCUT2D eigenvalue weighted by Gasteiger charge is -2.39. The van der Waals surface area contributed by atoms with Gasteiger partial charge in [0.1, 0.15) is 0 Å². The van der Waals surface area contributed by atoms with Crippen LogP contribution in [0.4, 0.5) is 0 Å². The van der Waals surface area contributed by atoms with Crippen LogP contribution in [0.2, 0.25) is 18.1 Å². The van der Waals surface area contributed by atoms with E-state index >= 15 is 0 Å². The molecule has 0 amide bonds. The van der Waals surface area contributed by atoms with Crippen LogP contribution in [0.5, 0.6) is 0 Å². The van der Waals surface area contributed by atoms with Crippen LogP contribution in [-0.2, 0) is 22.7 Å². The van der Waals surface area contributed by atoms with Crippen molar-refractivity contribution < 1.29 is 14.6 Å². The summed E-state index contributed by atoms with van der Waals surface area (Å²) in [5.41, 5.74) is 3.40. The molecule has 33 heavy (non-hydrogen) atoms. The number of benzene rings is 2. The highest BCUT2D eigenvalue weighted by molar-refractivity contribution is 6.74. The second-order valence-corrected chi connectivity index (χ2v) is 15.4. The molecule has 0 aliphatic rings. The van der Waals surface area contributed by atoms with Gasteiger partial charge in [-0.2, -0.15) is 0 Å². The first-order valence-electron chi connectivity index (χ1n) is 12.7. The van der Waals surface area contributed by atoms with Gasteiger partial charge in [-0.3, -0.25) is 0 Å². The van der Waals surface area contributed by atoms with Crippen LogP contribution >= 0.6 is 0 Å². The molecule has 1 unspecified atom stereocenters. The van der Waals surface area contributed by atoms with Crippen LogP contribution in [0.15, 0.2) is 54.6 Å². The standard InChI is InChI=1S/C29H46O3Si/c1-6-19-28(2,3)33(4,5)32-23-18-26-16-14-25(15-17-26)11-10-20-29(24-31,21-22-30)27-12-8-7-9-13-27/h7-9,12-17,30-31H,6,10-11,18-24H2,1-5H3. The maximum atomic E-state index is 10.2. The second-order valence-electron chi connectivity index (χ2n) is 10.7. The molecule has 2 aromatic rings. The SMILES string of the molecule is CCCC(C)(C)[Si](C)(C)OCCc1ccc(CCCC(CO)(CCO)c2ccccc2)cc1. The highest BCUT2D eigenvalue weighted by atomic mass is 28.4. The second kappa shape index (κ2) is 12.8. The Labute approximate surface area is 203 Å². The van der Waals surface area contributed by atoms with E-state index in [4.69, 9.17) is 4.43 Å². The van der Waals surface area contributed by atoms with Gasteiger partial charge in [0.25, 0.3) is 0 Å². The number of aliphatic hydroxyl groups is 2. The van der Waals surface area contributed by atoms with E-state index in [9.17, 15) is 10.2 Å². The first kappa shape index (κ1) is 27.8. The third-order valence-electron chi connectivity index (χ3n) is 7.78. The van der Waals surface area contributed by atoms with E-state index in [0.717, 1.165) is 37.9 Å². The Bertz CT molecular complexity index is 801. The summed E-state index contributed by atoms with van der Waals surface area (Å²) in [5.74, 6) is 0. The first-order valence-corrected chi connectivity index (χ1v) is 15.6. The molecule has 0 aromatic heterocycles. The molecule has 0 heterocycles. The van der Waals surface area contributed by atoms with Gasteiger partial charge in [-0.15, -0.1) is 0 Å². The Balaban J connectivity index is 1.88. The van der Waals surface area contributed by atoms with Crippen LogP contribution < -0.4 is 0 Å². The Morgan fingerprint density at radius 3 is 1.97 bits per heavy atom. The summed E-state index contributed by atoms with van der Waals surface area (Å²) >= 11 is 0. The number of hydrogen-bond donors (Lipinski definition) is 2. The number of aryl methyl sites for hydroxylation is 1. The molecule has 0 aliphatic heterocycles. The van der Waals surface area contributed by atoms with Crippen LogP contribution in [0.3, 0.4) is 0 Å². The largest absolute Gasteiger partial charge is 0.416 e. The molecule has 2 aromatic carbocycles. The lowest BCUT2D eigenvalue weighted by Crippen LogP contribution is -2.42. The van der Waals surface area contributed by atoms with Gasteiger partial charge in [0, 0.05) is 18.6 Å². The van der Waals surface area contributed by atoms with Crippen molar-refractivity contribution in [2.75, 3.05) is 19.8 Å². The summed E-state index contributed by atoms with van der Waals surface area (Å²) < 4.78 is 6.46. The Kier molecular flexibility index (Phi) is 10.8. The molecule has 0 bridgehead atoms. The van der Waals surface area contributed by atoms with E-state index in [0.29, 0.717) is 11.5 Å². The monoisotopic (exact) mass is 470 g/mol. The molecule has 2 rings (SSSR count). The first-order chi connectivity index (χ1) is 15.7. The fourth-order valence-corrected chi connectivity index (χ4v) is 6.57. The fraction of sp³-hybridized carbons (Fsp3) is 0.586. The highest BCUT2D eigenvalue weighted by Crippen LogP contribution is 2.42. The van der Waals surface area contributed by atoms with E-state index in [1.54, 1.807) is 0 Å². The summed E-state index contributed by atoms with van der Waals surface area (Å²) in [5, 5.41) is 20.1. The summed E-state index contributed by atoms with van der Waals surface area (Å²) in [6.45, 7) is 12.6. The molecule has 0 radical (unpaired) electrons. The van der Waals surface area contributed by atoms with Crippen LogP contribution in [0.25, 0.3) is 0 Å². The Morgan fingerprint density at radius 2 is 1.42 bits per heavy atom. The van der Waals surface area contributed by atoms with Gasteiger partial charge in [0.15, 0.2) is 8.32 Å². The van der Waals surface area contributed by atoms with Crippen molar-refractivity contribution in [1.82, 2.24) is 0 Å². The van der Waals surface area contributed by atoms with Crippen LogP contribution in [0.1, 0.15) is 69.6 Å². The predicted octanol–water partition coefficient (Wildman–Crippen LogP) is 6.67. The van der Waals surface area contributed by atoms with Gasteiger partial charge in [-0.1, -0.05) is 81.8 Å². The maximum Gasteiger partial charge on any atom is 0.192 e. The van der Waals surface area contributed by atoms with E-state index < -0.39 is 8.32 Å². The molecule has 0 aliphatic carbocycles. The normalized spacial score (nSPS) is 14.3. The van der Waals surface area contributed by atoms with Gasteiger partial charge in [-0.05, 0) is 73.3 Å². The fourth-order valence-electron chi connectivity index (χ4n) is 4.72. The molecule has 184 valence electrons. The van der Waals surface area contributed by atoms with Crippen LogP contribution in [0, 0.1) is 0 Å². The zero-order valence-corrected chi connectivity index (χ0v) is 22.6. The van der Waals surface area contributed by atoms with E-state index in [-0.39, 0.29) is 18.6 Å². The maximum absolute atomic E-state index is 10.2.